The Kier molecular flexibility index (Phi) is 5.61. The lowest BCUT2D eigenvalue weighted by atomic mass is 10.1. The van der Waals surface area contributed by atoms with Crippen LogP contribution in [0.2, 0.25) is 0 Å². The number of hydrogen-bond donors (Lipinski definition) is 1. The second-order valence-corrected chi connectivity index (χ2v) is 4.08. The van der Waals surface area contributed by atoms with E-state index in [2.05, 4.69) is 10.1 Å². The first kappa shape index (κ1) is 16.1. The number of halogens is 3. The van der Waals surface area contributed by atoms with Gasteiger partial charge in [-0.2, -0.15) is 13.2 Å². The quantitative estimate of drug-likeness (QED) is 0.666. The number of carbonyl (C=O) groups is 1. The van der Waals surface area contributed by atoms with Gasteiger partial charge >= 0.3 is 12.1 Å². The highest BCUT2D eigenvalue weighted by atomic mass is 19.4. The van der Waals surface area contributed by atoms with Crippen LogP contribution < -0.4 is 5.32 Å². The molecule has 0 amide bonds. The fraction of sp³-hybridized carbons (Fsp3) is 0.357. The van der Waals surface area contributed by atoms with Crippen molar-refractivity contribution in [3.05, 3.63) is 47.7 Å². The Morgan fingerprint density at radius 3 is 2.45 bits per heavy atom. The second kappa shape index (κ2) is 6.98. The minimum absolute atomic E-state index is 0.0225. The lowest BCUT2D eigenvalue weighted by molar-refractivity contribution is -0.138. The lowest BCUT2D eigenvalue weighted by Crippen LogP contribution is -2.29. The highest BCUT2D eigenvalue weighted by molar-refractivity contribution is 5.82. The summed E-state index contributed by atoms with van der Waals surface area (Å²) in [6.07, 6.45) is -4.21. The summed E-state index contributed by atoms with van der Waals surface area (Å²) in [6, 6.07) is 8.06. The lowest BCUT2D eigenvalue weighted by Gasteiger charge is -2.20. The minimum atomic E-state index is -4.64. The van der Waals surface area contributed by atoms with Crippen molar-refractivity contribution in [1.82, 2.24) is 5.32 Å². The summed E-state index contributed by atoms with van der Waals surface area (Å²) in [5.41, 5.74) is -0.432. The van der Waals surface area contributed by atoms with Crippen LogP contribution >= 0.6 is 0 Å². The van der Waals surface area contributed by atoms with Gasteiger partial charge in [0, 0.05) is 6.04 Å². The van der Waals surface area contributed by atoms with Crippen LogP contribution in [0.5, 0.6) is 0 Å². The van der Waals surface area contributed by atoms with E-state index < -0.39 is 23.9 Å². The number of hydrogen-bond acceptors (Lipinski definition) is 3. The molecule has 1 aromatic rings. The monoisotopic (exact) mass is 287 g/mol. The van der Waals surface area contributed by atoms with E-state index in [1.807, 2.05) is 0 Å². The SMILES string of the molecule is CCOC(=O)/C=C(/N[C@H](C)c1ccccc1)C(F)(F)F. The van der Waals surface area contributed by atoms with E-state index in [0.29, 0.717) is 11.6 Å². The zero-order valence-corrected chi connectivity index (χ0v) is 11.2. The molecule has 0 aliphatic rings. The van der Waals surface area contributed by atoms with Crippen LogP contribution in [-0.2, 0) is 9.53 Å². The Labute approximate surface area is 115 Å². The van der Waals surface area contributed by atoms with Crippen molar-refractivity contribution in [2.75, 3.05) is 6.61 Å². The fourth-order valence-corrected chi connectivity index (χ4v) is 1.57. The van der Waals surface area contributed by atoms with Gasteiger partial charge in [-0.25, -0.2) is 4.79 Å². The highest BCUT2D eigenvalue weighted by Gasteiger charge is 2.35. The van der Waals surface area contributed by atoms with Gasteiger partial charge in [-0.05, 0) is 19.4 Å². The van der Waals surface area contributed by atoms with Crippen molar-refractivity contribution < 1.29 is 22.7 Å². The molecular formula is C14H16F3NO2. The van der Waals surface area contributed by atoms with Gasteiger partial charge < -0.3 is 10.1 Å². The molecule has 6 heteroatoms. The average Bonchev–Trinajstić information content (AvgIpc) is 2.38. The predicted molar refractivity (Wildman–Crippen MR) is 68.8 cm³/mol. The van der Waals surface area contributed by atoms with Gasteiger partial charge in [0.1, 0.15) is 5.70 Å². The van der Waals surface area contributed by atoms with Crippen LogP contribution in [0.3, 0.4) is 0 Å². The van der Waals surface area contributed by atoms with Gasteiger partial charge in [0.2, 0.25) is 0 Å². The Hall–Kier alpha value is -1.98. The van der Waals surface area contributed by atoms with Crippen molar-refractivity contribution in [3.8, 4) is 0 Å². The summed E-state index contributed by atoms with van der Waals surface area (Å²) in [4.78, 5) is 11.2. The number of allylic oxidation sites excluding steroid dienone is 1. The molecular weight excluding hydrogens is 271 g/mol. The van der Waals surface area contributed by atoms with E-state index in [9.17, 15) is 18.0 Å². The summed E-state index contributed by atoms with van der Waals surface area (Å²) in [5.74, 6) is -1.02. The summed E-state index contributed by atoms with van der Waals surface area (Å²) >= 11 is 0. The molecule has 20 heavy (non-hydrogen) atoms. The molecule has 1 rings (SSSR count). The molecule has 0 fully saturated rings. The smallest absolute Gasteiger partial charge is 0.431 e. The molecule has 0 unspecified atom stereocenters. The highest BCUT2D eigenvalue weighted by Crippen LogP contribution is 2.26. The first-order valence-corrected chi connectivity index (χ1v) is 6.11. The normalized spacial score (nSPS) is 13.8. The average molecular weight is 287 g/mol. The number of alkyl halides is 3. The van der Waals surface area contributed by atoms with Gasteiger partial charge in [-0.3, -0.25) is 0 Å². The van der Waals surface area contributed by atoms with Crippen molar-refractivity contribution in [1.29, 1.82) is 0 Å². The molecule has 1 N–H and O–H groups in total. The second-order valence-electron chi connectivity index (χ2n) is 4.08. The van der Waals surface area contributed by atoms with Crippen molar-refractivity contribution in [3.63, 3.8) is 0 Å². The number of benzene rings is 1. The van der Waals surface area contributed by atoms with Crippen LogP contribution in [0.15, 0.2) is 42.1 Å². The van der Waals surface area contributed by atoms with Crippen molar-refractivity contribution >= 4 is 5.97 Å². The molecule has 0 spiro atoms. The summed E-state index contributed by atoms with van der Waals surface area (Å²) < 4.78 is 43.1. The molecule has 3 nitrogen and oxygen atoms in total. The summed E-state index contributed by atoms with van der Waals surface area (Å²) in [6.45, 7) is 3.13. The zero-order chi connectivity index (χ0) is 15.2. The molecule has 0 aromatic heterocycles. The number of nitrogens with one attached hydrogen (secondary N) is 1. The van der Waals surface area contributed by atoms with Gasteiger partial charge in [-0.15, -0.1) is 0 Å². The molecule has 0 bridgehead atoms. The Morgan fingerprint density at radius 1 is 1.35 bits per heavy atom. The van der Waals surface area contributed by atoms with Gasteiger partial charge in [-0.1, -0.05) is 30.3 Å². The third kappa shape index (κ3) is 4.95. The van der Waals surface area contributed by atoms with E-state index in [0.717, 1.165) is 0 Å². The molecule has 1 atom stereocenters. The molecule has 0 radical (unpaired) electrons. The van der Waals surface area contributed by atoms with Crippen LogP contribution in [-0.4, -0.2) is 18.8 Å². The number of ether oxygens (including phenoxy) is 1. The van der Waals surface area contributed by atoms with E-state index in [-0.39, 0.29) is 6.61 Å². The maximum absolute atomic E-state index is 12.9. The van der Waals surface area contributed by atoms with E-state index >= 15 is 0 Å². The Morgan fingerprint density at radius 2 is 1.95 bits per heavy atom. The van der Waals surface area contributed by atoms with Gasteiger partial charge in [0.15, 0.2) is 0 Å². The standard InChI is InChI=1S/C14H16F3NO2/c1-3-20-13(19)9-12(14(15,16)17)18-10(2)11-7-5-4-6-8-11/h4-10,18H,3H2,1-2H3/b12-9+/t10-/m1/s1. The first-order valence-electron chi connectivity index (χ1n) is 6.11. The van der Waals surface area contributed by atoms with E-state index in [4.69, 9.17) is 0 Å². The molecule has 110 valence electrons. The largest absolute Gasteiger partial charge is 0.463 e. The maximum Gasteiger partial charge on any atom is 0.431 e. The van der Waals surface area contributed by atoms with E-state index in [1.165, 1.54) is 6.92 Å². The van der Waals surface area contributed by atoms with Gasteiger partial charge in [0.05, 0.1) is 12.7 Å². The van der Waals surface area contributed by atoms with Gasteiger partial charge in [0.25, 0.3) is 0 Å². The number of carbonyl (C=O) groups excluding carboxylic acids is 1. The topological polar surface area (TPSA) is 38.3 Å². The predicted octanol–water partition coefficient (Wildman–Crippen LogP) is 3.35. The van der Waals surface area contributed by atoms with Crippen LogP contribution in [0.1, 0.15) is 25.5 Å². The maximum atomic E-state index is 12.9. The summed E-state index contributed by atoms with van der Waals surface area (Å²) in [7, 11) is 0. The third-order valence-corrected chi connectivity index (χ3v) is 2.53. The zero-order valence-electron chi connectivity index (χ0n) is 11.2. The number of esters is 1. The molecule has 0 aliphatic heterocycles. The minimum Gasteiger partial charge on any atom is -0.463 e. The molecule has 1 aromatic carbocycles. The Balaban J connectivity index is 2.89. The van der Waals surface area contributed by atoms with Crippen LogP contribution in [0.4, 0.5) is 13.2 Å². The number of rotatable bonds is 5. The summed E-state index contributed by atoms with van der Waals surface area (Å²) in [5, 5.41) is 2.30. The van der Waals surface area contributed by atoms with E-state index in [1.54, 1.807) is 37.3 Å². The molecule has 0 saturated carbocycles. The third-order valence-electron chi connectivity index (χ3n) is 2.53. The van der Waals surface area contributed by atoms with Crippen molar-refractivity contribution in [2.45, 2.75) is 26.1 Å². The van der Waals surface area contributed by atoms with Crippen LogP contribution in [0, 0.1) is 0 Å². The Bertz CT molecular complexity index is 469. The van der Waals surface area contributed by atoms with Crippen molar-refractivity contribution in [2.24, 2.45) is 0 Å². The first-order chi connectivity index (χ1) is 9.34. The fourth-order valence-electron chi connectivity index (χ4n) is 1.57. The molecule has 0 saturated heterocycles. The molecule has 0 heterocycles. The van der Waals surface area contributed by atoms with Crippen LogP contribution in [0.25, 0.3) is 0 Å². The molecule has 0 aliphatic carbocycles.